The van der Waals surface area contributed by atoms with Gasteiger partial charge >= 0.3 is 6.18 Å². The van der Waals surface area contributed by atoms with Gasteiger partial charge in [-0.25, -0.2) is 4.98 Å². The molecule has 0 saturated carbocycles. The number of hydrogen-bond donors (Lipinski definition) is 0. The Kier molecular flexibility index (Phi) is 6.59. The predicted octanol–water partition coefficient (Wildman–Crippen LogP) is 6.98. The van der Waals surface area contributed by atoms with Gasteiger partial charge in [-0.05, 0) is 34.9 Å². The average molecular weight is 513 g/mol. The highest BCUT2D eigenvalue weighted by Gasteiger charge is 2.41. The van der Waals surface area contributed by atoms with E-state index in [0.29, 0.717) is 0 Å². The maximum absolute atomic E-state index is 14.0. The summed E-state index contributed by atoms with van der Waals surface area (Å²) in [5.41, 5.74) is 0.707. The van der Waals surface area contributed by atoms with E-state index >= 15 is 0 Å². The number of imidazole rings is 1. The first-order chi connectivity index (χ1) is 18.4. The first-order valence-electron chi connectivity index (χ1n) is 11.9. The van der Waals surface area contributed by atoms with Crippen LogP contribution in [0.4, 0.5) is 13.2 Å². The molecule has 4 aromatic carbocycles. The number of nitrogens with zero attached hydrogens (tertiary/aromatic N) is 2. The molecule has 7 heteroatoms. The quantitative estimate of drug-likeness (QED) is 0.175. The van der Waals surface area contributed by atoms with Gasteiger partial charge < -0.3 is 9.30 Å². The summed E-state index contributed by atoms with van der Waals surface area (Å²) in [6, 6.07) is 32.0. The highest BCUT2D eigenvalue weighted by Crippen LogP contribution is 2.42. The van der Waals surface area contributed by atoms with Gasteiger partial charge in [0.15, 0.2) is 5.82 Å². The summed E-state index contributed by atoms with van der Waals surface area (Å²) in [5, 5.41) is 0. The molecular formula is C31H23F3N2O2. The molecule has 0 aliphatic carbocycles. The van der Waals surface area contributed by atoms with E-state index in [1.165, 1.54) is 13.3 Å². The molecular weight excluding hydrogens is 489 g/mol. The van der Waals surface area contributed by atoms with Gasteiger partial charge in [-0.2, -0.15) is 13.2 Å². The van der Waals surface area contributed by atoms with Crippen LogP contribution in [0.1, 0.15) is 38.4 Å². The summed E-state index contributed by atoms with van der Waals surface area (Å²) in [4.78, 5) is 18.4. The minimum absolute atomic E-state index is 0.0176. The molecule has 0 unspecified atom stereocenters. The van der Waals surface area contributed by atoms with E-state index < -0.39 is 23.1 Å². The maximum atomic E-state index is 14.0. The summed E-state index contributed by atoms with van der Waals surface area (Å²) in [7, 11) is 1.24. The van der Waals surface area contributed by atoms with Gasteiger partial charge in [-0.1, -0.05) is 91.0 Å². The minimum Gasteiger partial charge on any atom is -0.496 e. The Morgan fingerprint density at radius 1 is 0.737 bits per heavy atom. The van der Waals surface area contributed by atoms with Crippen LogP contribution in [-0.4, -0.2) is 22.4 Å². The third kappa shape index (κ3) is 4.26. The first-order valence-corrected chi connectivity index (χ1v) is 11.9. The van der Waals surface area contributed by atoms with Crippen LogP contribution in [0.25, 0.3) is 0 Å². The second-order valence-corrected chi connectivity index (χ2v) is 8.67. The van der Waals surface area contributed by atoms with Gasteiger partial charge in [-0.3, -0.25) is 4.79 Å². The predicted molar refractivity (Wildman–Crippen MR) is 138 cm³/mol. The zero-order chi connectivity index (χ0) is 26.8. The molecule has 0 N–H and O–H groups in total. The average Bonchev–Trinajstić information content (AvgIpc) is 3.44. The van der Waals surface area contributed by atoms with E-state index in [0.717, 1.165) is 34.9 Å². The molecule has 38 heavy (non-hydrogen) atoms. The van der Waals surface area contributed by atoms with Crippen molar-refractivity contribution < 1.29 is 22.7 Å². The van der Waals surface area contributed by atoms with Crippen molar-refractivity contribution in [2.24, 2.45) is 0 Å². The third-order valence-corrected chi connectivity index (χ3v) is 6.55. The fraction of sp³-hybridized carbons (Fsp3) is 0.0968. The Morgan fingerprint density at radius 2 is 1.24 bits per heavy atom. The van der Waals surface area contributed by atoms with E-state index in [9.17, 15) is 18.0 Å². The molecule has 4 nitrogen and oxygen atoms in total. The monoisotopic (exact) mass is 512 g/mol. The smallest absolute Gasteiger partial charge is 0.416 e. The van der Waals surface area contributed by atoms with E-state index in [4.69, 9.17) is 4.74 Å². The number of halogens is 3. The van der Waals surface area contributed by atoms with E-state index in [-0.39, 0.29) is 17.1 Å². The zero-order valence-corrected chi connectivity index (χ0v) is 20.4. The molecule has 0 fully saturated rings. The number of carbonyl (C=O) groups is 1. The van der Waals surface area contributed by atoms with Crippen LogP contribution in [0.2, 0.25) is 0 Å². The summed E-state index contributed by atoms with van der Waals surface area (Å²) >= 11 is 0. The highest BCUT2D eigenvalue weighted by molar-refractivity contribution is 6.08. The SMILES string of the molecule is COc1cc(C(F)(F)F)ccc1C(=O)c1nccn1C(c1ccccc1)(c1ccccc1)c1ccccc1. The van der Waals surface area contributed by atoms with Crippen molar-refractivity contribution in [3.05, 3.63) is 155 Å². The number of benzene rings is 4. The van der Waals surface area contributed by atoms with Gasteiger partial charge in [0.1, 0.15) is 11.3 Å². The fourth-order valence-corrected chi connectivity index (χ4v) is 4.87. The molecule has 0 amide bonds. The molecule has 0 saturated heterocycles. The van der Waals surface area contributed by atoms with Crippen molar-refractivity contribution in [1.82, 2.24) is 9.55 Å². The minimum atomic E-state index is -4.57. The Balaban J connectivity index is 1.78. The second-order valence-electron chi connectivity index (χ2n) is 8.67. The Hall–Kier alpha value is -4.65. The molecule has 0 radical (unpaired) electrons. The molecule has 0 bridgehead atoms. The lowest BCUT2D eigenvalue weighted by Gasteiger charge is -2.38. The number of methoxy groups -OCH3 is 1. The lowest BCUT2D eigenvalue weighted by Crippen LogP contribution is -2.39. The summed E-state index contributed by atoms with van der Waals surface area (Å²) in [5.74, 6) is -0.684. The Bertz CT molecular complexity index is 1450. The van der Waals surface area contributed by atoms with Crippen molar-refractivity contribution >= 4 is 5.78 Å². The van der Waals surface area contributed by atoms with Crippen LogP contribution >= 0.6 is 0 Å². The van der Waals surface area contributed by atoms with Crippen LogP contribution in [0.15, 0.2) is 122 Å². The molecule has 5 aromatic rings. The van der Waals surface area contributed by atoms with Crippen LogP contribution < -0.4 is 4.74 Å². The van der Waals surface area contributed by atoms with Gasteiger partial charge in [0.2, 0.25) is 5.78 Å². The topological polar surface area (TPSA) is 44.1 Å². The van der Waals surface area contributed by atoms with Gasteiger partial charge in [0, 0.05) is 12.4 Å². The van der Waals surface area contributed by atoms with E-state index in [1.807, 2.05) is 91.0 Å². The number of ether oxygens (including phenoxy) is 1. The van der Waals surface area contributed by atoms with Crippen LogP contribution in [0, 0.1) is 0 Å². The van der Waals surface area contributed by atoms with Crippen molar-refractivity contribution in [3.63, 3.8) is 0 Å². The molecule has 0 atom stereocenters. The molecule has 0 spiro atoms. The first kappa shape index (κ1) is 25.0. The molecule has 1 heterocycles. The van der Waals surface area contributed by atoms with Gasteiger partial charge in [0.25, 0.3) is 0 Å². The number of alkyl halides is 3. The molecule has 0 aliphatic rings. The second kappa shape index (κ2) is 10.0. The number of ketones is 1. The normalized spacial score (nSPS) is 11.8. The molecule has 5 rings (SSSR count). The molecule has 0 aliphatic heterocycles. The number of rotatable bonds is 7. The van der Waals surface area contributed by atoms with E-state index in [1.54, 1.807) is 10.8 Å². The van der Waals surface area contributed by atoms with Crippen molar-refractivity contribution in [1.29, 1.82) is 0 Å². The summed E-state index contributed by atoms with van der Waals surface area (Å²) in [6.45, 7) is 0. The van der Waals surface area contributed by atoms with Crippen LogP contribution in [-0.2, 0) is 11.7 Å². The number of carbonyl (C=O) groups excluding carboxylic acids is 1. The summed E-state index contributed by atoms with van der Waals surface area (Å²) in [6.07, 6.45) is -1.33. The number of aromatic nitrogens is 2. The largest absolute Gasteiger partial charge is 0.496 e. The Morgan fingerprint density at radius 3 is 1.68 bits per heavy atom. The van der Waals surface area contributed by atoms with Crippen molar-refractivity contribution in [3.8, 4) is 5.75 Å². The standard InChI is InChI=1S/C31H23F3N2O2/c1-38-27-21-25(31(32,33)34)17-18-26(27)28(37)29-35-19-20-36(29)30(22-11-5-2-6-12-22,23-13-7-3-8-14-23)24-15-9-4-10-16-24/h2-21H,1H3. The lowest BCUT2D eigenvalue weighted by atomic mass is 9.76. The van der Waals surface area contributed by atoms with Crippen LogP contribution in [0.5, 0.6) is 5.75 Å². The van der Waals surface area contributed by atoms with Gasteiger partial charge in [0.05, 0.1) is 18.2 Å². The number of hydrogen-bond acceptors (Lipinski definition) is 3. The zero-order valence-electron chi connectivity index (χ0n) is 20.4. The summed E-state index contributed by atoms with van der Waals surface area (Å²) < 4.78 is 47.0. The lowest BCUT2D eigenvalue weighted by molar-refractivity contribution is -0.137. The maximum Gasteiger partial charge on any atom is 0.416 e. The fourth-order valence-electron chi connectivity index (χ4n) is 4.87. The van der Waals surface area contributed by atoms with Crippen molar-refractivity contribution in [2.45, 2.75) is 11.7 Å². The van der Waals surface area contributed by atoms with Crippen LogP contribution in [0.3, 0.4) is 0 Å². The Labute approximate surface area is 218 Å². The van der Waals surface area contributed by atoms with E-state index in [2.05, 4.69) is 4.98 Å². The third-order valence-electron chi connectivity index (χ3n) is 6.55. The highest BCUT2D eigenvalue weighted by atomic mass is 19.4. The molecule has 190 valence electrons. The van der Waals surface area contributed by atoms with Crippen molar-refractivity contribution in [2.75, 3.05) is 7.11 Å². The van der Waals surface area contributed by atoms with Gasteiger partial charge in [-0.15, -0.1) is 0 Å². The molecule has 1 aromatic heterocycles.